The van der Waals surface area contributed by atoms with Crippen LogP contribution < -0.4 is 4.74 Å². The van der Waals surface area contributed by atoms with Crippen LogP contribution in [0.3, 0.4) is 0 Å². The molecule has 0 fully saturated rings. The average Bonchev–Trinajstić information content (AvgIpc) is 3.00. The predicted octanol–water partition coefficient (Wildman–Crippen LogP) is 3.92. The number of rotatable bonds is 8. The normalized spacial score (nSPS) is 11.2. The largest absolute Gasteiger partial charge is 0.457 e. The number of nitrogens with zero attached hydrogens (tertiary/aromatic N) is 2. The first kappa shape index (κ1) is 17.5. The van der Waals surface area contributed by atoms with Gasteiger partial charge >= 0.3 is 0 Å². The van der Waals surface area contributed by atoms with Gasteiger partial charge in [-0.15, -0.1) is 0 Å². The van der Waals surface area contributed by atoms with Gasteiger partial charge in [0.25, 0.3) is 0 Å². The van der Waals surface area contributed by atoms with Crippen molar-refractivity contribution in [1.82, 2.24) is 9.55 Å². The zero-order valence-corrected chi connectivity index (χ0v) is 14.7. The quantitative estimate of drug-likeness (QED) is 0.632. The molecule has 1 heterocycles. The van der Waals surface area contributed by atoms with Crippen molar-refractivity contribution in [3.8, 4) is 11.5 Å². The summed E-state index contributed by atoms with van der Waals surface area (Å²) in [6.45, 7) is 5.90. The molecule has 5 nitrogen and oxygen atoms in total. The number of hydrogen-bond acceptors (Lipinski definition) is 4. The van der Waals surface area contributed by atoms with Gasteiger partial charge in [0.1, 0.15) is 23.9 Å². The van der Waals surface area contributed by atoms with Crippen LogP contribution >= 0.6 is 0 Å². The first-order valence-corrected chi connectivity index (χ1v) is 8.69. The molecule has 2 aromatic carbocycles. The molecular formula is C20H24N2O3. The summed E-state index contributed by atoms with van der Waals surface area (Å²) in [5.74, 6) is 2.19. The molecule has 132 valence electrons. The van der Waals surface area contributed by atoms with Gasteiger partial charge in [0, 0.05) is 19.2 Å². The van der Waals surface area contributed by atoms with E-state index in [0.29, 0.717) is 25.6 Å². The lowest BCUT2D eigenvalue weighted by atomic mass is 10.2. The molecule has 0 bridgehead atoms. The van der Waals surface area contributed by atoms with Crippen molar-refractivity contribution in [1.29, 1.82) is 0 Å². The van der Waals surface area contributed by atoms with Gasteiger partial charge in [0.2, 0.25) is 0 Å². The summed E-state index contributed by atoms with van der Waals surface area (Å²) in [6.07, 6.45) is 1.01. The van der Waals surface area contributed by atoms with E-state index in [1.54, 1.807) is 0 Å². The van der Waals surface area contributed by atoms with Gasteiger partial charge in [-0.05, 0) is 43.2 Å². The van der Waals surface area contributed by atoms with Crippen molar-refractivity contribution in [2.24, 2.45) is 0 Å². The number of fused-ring (bicyclic) bond motifs is 1. The first-order valence-electron chi connectivity index (χ1n) is 8.69. The molecule has 25 heavy (non-hydrogen) atoms. The molecule has 3 aromatic rings. The van der Waals surface area contributed by atoms with Gasteiger partial charge in [-0.2, -0.15) is 0 Å². The topological polar surface area (TPSA) is 56.5 Å². The molecule has 0 aliphatic carbocycles. The number of aromatic nitrogens is 2. The van der Waals surface area contributed by atoms with Gasteiger partial charge in [0.05, 0.1) is 17.6 Å². The highest BCUT2D eigenvalue weighted by molar-refractivity contribution is 5.78. The fraction of sp³-hybridized carbons (Fsp3) is 0.350. The van der Waals surface area contributed by atoms with Crippen LogP contribution in [0.15, 0.2) is 42.5 Å². The summed E-state index contributed by atoms with van der Waals surface area (Å²) in [6, 6.07) is 13.9. The molecule has 0 atom stereocenters. The van der Waals surface area contributed by atoms with E-state index in [-0.39, 0.29) is 6.61 Å². The van der Waals surface area contributed by atoms with E-state index in [1.165, 1.54) is 5.56 Å². The Balaban J connectivity index is 1.87. The van der Waals surface area contributed by atoms with E-state index in [9.17, 15) is 5.11 Å². The number of imidazole rings is 1. The Kier molecular flexibility index (Phi) is 5.68. The van der Waals surface area contributed by atoms with Crippen molar-refractivity contribution in [2.75, 3.05) is 13.2 Å². The highest BCUT2D eigenvalue weighted by atomic mass is 16.5. The lowest BCUT2D eigenvalue weighted by molar-refractivity contribution is 0.137. The number of hydrogen-bond donors (Lipinski definition) is 1. The number of aliphatic hydroxyl groups excluding tert-OH is 1. The summed E-state index contributed by atoms with van der Waals surface area (Å²) >= 11 is 0. The van der Waals surface area contributed by atoms with Crippen LogP contribution in [0.25, 0.3) is 11.0 Å². The third kappa shape index (κ3) is 4.00. The average molecular weight is 340 g/mol. The summed E-state index contributed by atoms with van der Waals surface area (Å²) in [4.78, 5) is 4.48. The van der Waals surface area contributed by atoms with Crippen LogP contribution in [-0.4, -0.2) is 27.9 Å². The molecule has 1 N–H and O–H groups in total. The lowest BCUT2D eigenvalue weighted by Gasteiger charge is -2.10. The second kappa shape index (κ2) is 8.14. The van der Waals surface area contributed by atoms with Gasteiger partial charge in [-0.25, -0.2) is 4.98 Å². The Morgan fingerprint density at radius 1 is 1.04 bits per heavy atom. The predicted molar refractivity (Wildman–Crippen MR) is 98.0 cm³/mol. The third-order valence-corrected chi connectivity index (χ3v) is 4.17. The number of aliphatic hydroxyl groups is 1. The smallest absolute Gasteiger partial charge is 0.135 e. The summed E-state index contributed by atoms with van der Waals surface area (Å²) in [5, 5.41) is 9.57. The molecule has 0 amide bonds. The fourth-order valence-electron chi connectivity index (χ4n) is 2.82. The highest BCUT2D eigenvalue weighted by Gasteiger charge is 2.11. The number of aryl methyl sites for hydroxylation is 1. The standard InChI is InChI=1S/C20H24N2O3/c1-3-15-5-7-16(8-6-15)25-17-9-10-18-19(13-17)22(11-12-24-4-2)20(14-23)21-18/h5-10,13,23H,3-4,11-12,14H2,1-2H3. The maximum atomic E-state index is 9.57. The second-order valence-electron chi connectivity index (χ2n) is 5.78. The molecule has 0 saturated heterocycles. The maximum Gasteiger partial charge on any atom is 0.135 e. The summed E-state index contributed by atoms with van der Waals surface area (Å²) in [7, 11) is 0. The van der Waals surface area contributed by atoms with Gasteiger partial charge < -0.3 is 19.1 Å². The Bertz CT molecular complexity index is 825. The molecule has 5 heteroatoms. The minimum Gasteiger partial charge on any atom is -0.457 e. The Morgan fingerprint density at radius 3 is 2.48 bits per heavy atom. The minimum atomic E-state index is -0.102. The van der Waals surface area contributed by atoms with Crippen molar-refractivity contribution in [3.63, 3.8) is 0 Å². The van der Waals surface area contributed by atoms with Crippen LogP contribution in [0.1, 0.15) is 25.2 Å². The van der Waals surface area contributed by atoms with Crippen LogP contribution in [0.4, 0.5) is 0 Å². The van der Waals surface area contributed by atoms with E-state index in [0.717, 1.165) is 29.0 Å². The lowest BCUT2D eigenvalue weighted by Crippen LogP contribution is -2.09. The van der Waals surface area contributed by atoms with E-state index >= 15 is 0 Å². The molecule has 0 spiro atoms. The van der Waals surface area contributed by atoms with Crippen molar-refractivity contribution < 1.29 is 14.6 Å². The second-order valence-corrected chi connectivity index (χ2v) is 5.78. The number of ether oxygens (including phenoxy) is 2. The molecule has 1 aromatic heterocycles. The maximum absolute atomic E-state index is 9.57. The van der Waals surface area contributed by atoms with Crippen LogP contribution in [0.2, 0.25) is 0 Å². The van der Waals surface area contributed by atoms with Gasteiger partial charge in [-0.1, -0.05) is 19.1 Å². The minimum absolute atomic E-state index is 0.102. The van der Waals surface area contributed by atoms with Crippen molar-refractivity contribution >= 4 is 11.0 Å². The number of benzene rings is 2. The molecular weight excluding hydrogens is 316 g/mol. The third-order valence-electron chi connectivity index (χ3n) is 4.17. The molecule has 0 unspecified atom stereocenters. The summed E-state index contributed by atoms with van der Waals surface area (Å²) < 4.78 is 13.4. The summed E-state index contributed by atoms with van der Waals surface area (Å²) in [5.41, 5.74) is 3.06. The van der Waals surface area contributed by atoms with E-state index in [4.69, 9.17) is 9.47 Å². The van der Waals surface area contributed by atoms with E-state index in [2.05, 4.69) is 24.0 Å². The van der Waals surface area contributed by atoms with E-state index < -0.39 is 0 Å². The van der Waals surface area contributed by atoms with Crippen LogP contribution in [-0.2, 0) is 24.3 Å². The zero-order valence-electron chi connectivity index (χ0n) is 14.7. The Labute approximate surface area is 147 Å². The SMILES string of the molecule is CCOCCn1c(CO)nc2ccc(Oc3ccc(CC)cc3)cc21. The molecule has 0 aliphatic rings. The van der Waals surface area contributed by atoms with Crippen LogP contribution in [0, 0.1) is 0 Å². The van der Waals surface area contributed by atoms with Gasteiger partial charge in [-0.3, -0.25) is 0 Å². The van der Waals surface area contributed by atoms with E-state index in [1.807, 2.05) is 41.8 Å². The molecule has 0 radical (unpaired) electrons. The molecule has 0 saturated carbocycles. The first-order chi connectivity index (χ1) is 12.2. The zero-order chi connectivity index (χ0) is 17.6. The van der Waals surface area contributed by atoms with Crippen molar-refractivity contribution in [3.05, 3.63) is 53.9 Å². The van der Waals surface area contributed by atoms with Crippen LogP contribution in [0.5, 0.6) is 11.5 Å². The monoisotopic (exact) mass is 340 g/mol. The Morgan fingerprint density at radius 2 is 1.80 bits per heavy atom. The highest BCUT2D eigenvalue weighted by Crippen LogP contribution is 2.27. The Hall–Kier alpha value is -2.37. The van der Waals surface area contributed by atoms with Gasteiger partial charge in [0.15, 0.2) is 0 Å². The fourth-order valence-corrected chi connectivity index (χ4v) is 2.82. The molecule has 0 aliphatic heterocycles. The molecule has 3 rings (SSSR count). The van der Waals surface area contributed by atoms with Crippen molar-refractivity contribution in [2.45, 2.75) is 33.4 Å².